The van der Waals surface area contributed by atoms with Crippen molar-refractivity contribution < 1.29 is 9.21 Å². The third-order valence-corrected chi connectivity index (χ3v) is 7.12. The maximum absolute atomic E-state index is 13.1. The summed E-state index contributed by atoms with van der Waals surface area (Å²) < 4.78 is 5.87. The van der Waals surface area contributed by atoms with Crippen molar-refractivity contribution in [1.82, 2.24) is 10.3 Å². The van der Waals surface area contributed by atoms with Gasteiger partial charge >= 0.3 is 0 Å². The van der Waals surface area contributed by atoms with Crippen LogP contribution in [0.5, 0.6) is 0 Å². The first kappa shape index (κ1) is 20.9. The molecule has 1 aromatic heterocycles. The molecular formula is C26H30N4O2. The number of nitrogens with zero attached hydrogens (tertiary/aromatic N) is 2. The first-order valence-electron chi connectivity index (χ1n) is 11.6. The number of ketones is 1. The molecule has 32 heavy (non-hydrogen) atoms. The Hall–Kier alpha value is -2.99. The topological polar surface area (TPSA) is 79.5 Å². The smallest absolute Gasteiger partial charge is 0.298 e. The van der Waals surface area contributed by atoms with Crippen LogP contribution in [-0.2, 0) is 4.79 Å². The summed E-state index contributed by atoms with van der Waals surface area (Å²) in [6.07, 6.45) is 13.1. The number of aromatic nitrogens is 1. The highest BCUT2D eigenvalue weighted by Gasteiger charge is 2.54. The summed E-state index contributed by atoms with van der Waals surface area (Å²) >= 11 is 0. The second kappa shape index (κ2) is 8.51. The summed E-state index contributed by atoms with van der Waals surface area (Å²) in [6.45, 7) is 5.88. The molecule has 6 heteroatoms. The van der Waals surface area contributed by atoms with Crippen LogP contribution < -0.4 is 10.6 Å². The predicted octanol–water partition coefficient (Wildman–Crippen LogP) is 5.16. The number of aliphatic imine (C=N–C) groups is 1. The van der Waals surface area contributed by atoms with Crippen LogP contribution in [0.2, 0.25) is 0 Å². The number of nitrogens with one attached hydrogen (secondary N) is 2. The maximum Gasteiger partial charge on any atom is 0.298 e. The number of fused-ring (bicyclic) bond motifs is 3. The minimum Gasteiger partial charge on any atom is -0.423 e. The Kier molecular flexibility index (Phi) is 5.55. The van der Waals surface area contributed by atoms with E-state index in [1.54, 1.807) is 0 Å². The van der Waals surface area contributed by atoms with Gasteiger partial charge in [0, 0.05) is 17.7 Å². The summed E-state index contributed by atoms with van der Waals surface area (Å²) in [5, 5.41) is 7.06. The third-order valence-electron chi connectivity index (χ3n) is 7.12. The van der Waals surface area contributed by atoms with E-state index in [1.807, 2.05) is 36.4 Å². The summed E-state index contributed by atoms with van der Waals surface area (Å²) in [5.41, 5.74) is 3.59. The van der Waals surface area contributed by atoms with Gasteiger partial charge in [-0.05, 0) is 62.7 Å². The van der Waals surface area contributed by atoms with Crippen molar-refractivity contribution in [2.45, 2.75) is 57.3 Å². The van der Waals surface area contributed by atoms with Gasteiger partial charge in [0.15, 0.2) is 11.9 Å². The van der Waals surface area contributed by atoms with E-state index >= 15 is 0 Å². The number of rotatable bonds is 5. The van der Waals surface area contributed by atoms with Crippen LogP contribution in [0, 0.1) is 11.8 Å². The first-order valence-corrected chi connectivity index (χ1v) is 11.6. The van der Waals surface area contributed by atoms with Crippen LogP contribution in [0.15, 0.2) is 70.1 Å². The van der Waals surface area contributed by atoms with Gasteiger partial charge in [-0.3, -0.25) is 15.1 Å². The highest BCUT2D eigenvalue weighted by Crippen LogP contribution is 2.47. The SMILES string of the molecule is C=CC=CC(=CC)C1CCC2(C1)NC(Nc1nc3ccccc3o1)N=C1CCCC(=O)C12. The molecule has 2 aromatic rings. The van der Waals surface area contributed by atoms with Crippen LogP contribution in [0.25, 0.3) is 11.1 Å². The van der Waals surface area contributed by atoms with E-state index in [9.17, 15) is 4.79 Å². The zero-order valence-corrected chi connectivity index (χ0v) is 18.5. The molecular weight excluding hydrogens is 400 g/mol. The second-order valence-corrected chi connectivity index (χ2v) is 9.03. The number of oxazole rings is 1. The molecule has 0 radical (unpaired) electrons. The average Bonchev–Trinajstić information content (AvgIpc) is 3.38. The van der Waals surface area contributed by atoms with Crippen LogP contribution in [-0.4, -0.2) is 28.3 Å². The van der Waals surface area contributed by atoms with Gasteiger partial charge in [0.1, 0.15) is 11.3 Å². The molecule has 166 valence electrons. The number of allylic oxidation sites excluding steroid dienone is 5. The van der Waals surface area contributed by atoms with Crippen molar-refractivity contribution >= 4 is 28.6 Å². The average molecular weight is 431 g/mol. The minimum atomic E-state index is -0.364. The molecule has 6 nitrogen and oxygen atoms in total. The molecule has 1 aliphatic heterocycles. The predicted molar refractivity (Wildman–Crippen MR) is 128 cm³/mol. The van der Waals surface area contributed by atoms with Gasteiger partial charge in [0.2, 0.25) is 0 Å². The fraction of sp³-hybridized carbons (Fsp3) is 0.423. The van der Waals surface area contributed by atoms with Gasteiger partial charge in [-0.15, -0.1) is 0 Å². The molecule has 2 N–H and O–H groups in total. The normalized spacial score (nSPS) is 30.7. The Bertz CT molecular complexity index is 1090. The van der Waals surface area contributed by atoms with Gasteiger partial charge in [-0.2, -0.15) is 4.98 Å². The third kappa shape index (κ3) is 3.73. The lowest BCUT2D eigenvalue weighted by Crippen LogP contribution is -2.63. The number of hydrogen-bond donors (Lipinski definition) is 2. The van der Waals surface area contributed by atoms with Gasteiger partial charge in [0.25, 0.3) is 6.01 Å². The molecule has 3 aliphatic rings. The largest absolute Gasteiger partial charge is 0.423 e. The Labute approximate surface area is 188 Å². The van der Waals surface area contributed by atoms with E-state index in [4.69, 9.17) is 9.41 Å². The van der Waals surface area contributed by atoms with E-state index < -0.39 is 0 Å². The molecule has 0 bridgehead atoms. The highest BCUT2D eigenvalue weighted by atomic mass is 16.4. The number of carbonyl (C=O) groups excluding carboxylic acids is 1. The summed E-state index contributed by atoms with van der Waals surface area (Å²) in [5.74, 6) is 0.597. The number of anilines is 1. The Morgan fingerprint density at radius 2 is 2.22 bits per heavy atom. The molecule has 1 spiro atoms. The number of para-hydroxylation sites is 2. The Morgan fingerprint density at radius 3 is 3.03 bits per heavy atom. The quantitative estimate of drug-likeness (QED) is 0.640. The molecule has 2 fully saturated rings. The van der Waals surface area contributed by atoms with Gasteiger partial charge in [-0.1, -0.05) is 43.0 Å². The molecule has 4 atom stereocenters. The first-order chi connectivity index (χ1) is 15.6. The van der Waals surface area contributed by atoms with Crippen LogP contribution >= 0.6 is 0 Å². The van der Waals surface area contributed by atoms with Crippen molar-refractivity contribution in [3.05, 3.63) is 60.7 Å². The fourth-order valence-corrected chi connectivity index (χ4v) is 5.76. The maximum atomic E-state index is 13.1. The standard InChI is InChI=1S/C26H30N4O2/c1-3-5-9-17(4-2)18-14-15-26(16-18)23-20(11-8-12-21(23)31)27-24(30-26)29-25-28-19-10-6-7-13-22(19)32-25/h3-7,9-10,13,18,23-24,30H,1,8,11-12,14-16H2,2H3,(H,28,29). The Balaban J connectivity index is 1.44. The van der Waals surface area contributed by atoms with Crippen LogP contribution in [0.3, 0.4) is 0 Å². The molecule has 2 saturated carbocycles. The number of Topliss-reactive ketones (excluding diaryl/α,β-unsaturated/α-hetero) is 1. The lowest BCUT2D eigenvalue weighted by Gasteiger charge is -2.46. The molecule has 0 saturated heterocycles. The Morgan fingerprint density at radius 1 is 1.34 bits per heavy atom. The van der Waals surface area contributed by atoms with Crippen molar-refractivity contribution in [3.63, 3.8) is 0 Å². The lowest BCUT2D eigenvalue weighted by atomic mass is 9.70. The molecule has 5 rings (SSSR count). The van der Waals surface area contributed by atoms with E-state index in [1.165, 1.54) is 5.57 Å². The summed E-state index contributed by atoms with van der Waals surface area (Å²) in [6, 6.07) is 8.16. The molecule has 1 aromatic carbocycles. The van der Waals surface area contributed by atoms with Crippen LogP contribution in [0.1, 0.15) is 45.4 Å². The number of hydrogen-bond acceptors (Lipinski definition) is 6. The van der Waals surface area contributed by atoms with Crippen molar-refractivity contribution in [2.24, 2.45) is 16.8 Å². The minimum absolute atomic E-state index is 0.135. The zero-order valence-electron chi connectivity index (χ0n) is 18.5. The molecule has 2 aliphatic carbocycles. The molecule has 4 unspecified atom stereocenters. The number of benzene rings is 1. The summed E-state index contributed by atoms with van der Waals surface area (Å²) in [4.78, 5) is 22.5. The molecule has 0 amide bonds. The van der Waals surface area contributed by atoms with Gasteiger partial charge in [-0.25, -0.2) is 0 Å². The van der Waals surface area contributed by atoms with Crippen LogP contribution in [0.4, 0.5) is 6.01 Å². The van der Waals surface area contributed by atoms with E-state index in [2.05, 4.69) is 41.3 Å². The fourth-order valence-electron chi connectivity index (χ4n) is 5.76. The summed E-state index contributed by atoms with van der Waals surface area (Å²) in [7, 11) is 0. The highest BCUT2D eigenvalue weighted by molar-refractivity contribution is 6.09. The second-order valence-electron chi connectivity index (χ2n) is 9.03. The number of carbonyl (C=O) groups is 1. The van der Waals surface area contributed by atoms with Crippen molar-refractivity contribution in [2.75, 3.05) is 5.32 Å². The van der Waals surface area contributed by atoms with E-state index in [-0.39, 0.29) is 17.7 Å². The zero-order chi connectivity index (χ0) is 22.1. The van der Waals surface area contributed by atoms with Crippen molar-refractivity contribution in [3.8, 4) is 0 Å². The monoisotopic (exact) mass is 430 g/mol. The van der Waals surface area contributed by atoms with E-state index in [0.29, 0.717) is 24.1 Å². The van der Waals surface area contributed by atoms with Gasteiger partial charge < -0.3 is 9.73 Å². The van der Waals surface area contributed by atoms with E-state index in [0.717, 1.165) is 48.9 Å². The van der Waals surface area contributed by atoms with Crippen molar-refractivity contribution in [1.29, 1.82) is 0 Å². The lowest BCUT2D eigenvalue weighted by molar-refractivity contribution is -0.124. The molecule has 2 heterocycles. The van der Waals surface area contributed by atoms with Gasteiger partial charge in [0.05, 0.1) is 5.92 Å².